The van der Waals surface area contributed by atoms with Crippen LogP contribution in [0.5, 0.6) is 5.75 Å². The number of aryl methyl sites for hydroxylation is 1. The summed E-state index contributed by atoms with van der Waals surface area (Å²) in [5.74, 6) is 2.28. The van der Waals surface area contributed by atoms with Crippen molar-refractivity contribution in [1.29, 1.82) is 0 Å². The quantitative estimate of drug-likeness (QED) is 0.265. The van der Waals surface area contributed by atoms with Crippen molar-refractivity contribution >= 4 is 10.9 Å². The zero-order chi connectivity index (χ0) is 26.5. The summed E-state index contributed by atoms with van der Waals surface area (Å²) in [6, 6.07) is 19.8. The van der Waals surface area contributed by atoms with Crippen molar-refractivity contribution in [3.8, 4) is 5.75 Å². The highest BCUT2D eigenvalue weighted by Crippen LogP contribution is 2.27. The molecule has 196 valence electrons. The number of furan rings is 1. The minimum Gasteiger partial charge on any atom is -0.494 e. The molecule has 0 aliphatic rings. The Morgan fingerprint density at radius 1 is 1.08 bits per heavy atom. The Labute approximate surface area is 221 Å². The second-order valence-electron chi connectivity index (χ2n) is 9.39. The molecule has 3 heterocycles. The van der Waals surface area contributed by atoms with Crippen LogP contribution in [0.4, 0.5) is 0 Å². The van der Waals surface area contributed by atoms with Gasteiger partial charge >= 0.3 is 0 Å². The van der Waals surface area contributed by atoms with Crippen LogP contribution in [0.2, 0.25) is 0 Å². The zero-order valence-corrected chi connectivity index (χ0v) is 21.9. The third kappa shape index (κ3) is 5.68. The minimum absolute atomic E-state index is 0.111. The standard InChI is InChI=1S/C29H32N6O3/c1-4-27(28-31-32-33-35(28)19-25-7-6-14-38-25)34(17-21-10-8-20(3)9-11-21)18-23-15-22-16-24(37-5-2)12-13-26(22)30-29(23)36/h6-16,27H,4-5,17-19H2,1-3H3,(H,30,36). The molecule has 0 aliphatic heterocycles. The first-order chi connectivity index (χ1) is 18.5. The van der Waals surface area contributed by atoms with Crippen LogP contribution in [0.1, 0.15) is 54.6 Å². The second kappa shape index (κ2) is 11.4. The van der Waals surface area contributed by atoms with Gasteiger partial charge in [-0.25, -0.2) is 4.68 Å². The topological polar surface area (TPSA) is 102 Å². The van der Waals surface area contributed by atoms with Crippen LogP contribution in [0.3, 0.4) is 0 Å². The summed E-state index contributed by atoms with van der Waals surface area (Å²) < 4.78 is 13.0. The largest absolute Gasteiger partial charge is 0.494 e. The number of hydrogen-bond acceptors (Lipinski definition) is 7. The first kappa shape index (κ1) is 25.4. The van der Waals surface area contributed by atoms with E-state index >= 15 is 0 Å². The van der Waals surface area contributed by atoms with Gasteiger partial charge in [0.25, 0.3) is 5.56 Å². The number of fused-ring (bicyclic) bond motifs is 1. The van der Waals surface area contributed by atoms with Gasteiger partial charge in [0.2, 0.25) is 0 Å². The third-order valence-corrected chi connectivity index (χ3v) is 6.65. The SMILES string of the molecule is CCOc1ccc2[nH]c(=O)c(CN(Cc3ccc(C)cc3)C(CC)c3nnnn3Cc3ccco3)cc2c1. The van der Waals surface area contributed by atoms with Crippen LogP contribution >= 0.6 is 0 Å². The maximum atomic E-state index is 13.2. The number of ether oxygens (including phenoxy) is 1. The van der Waals surface area contributed by atoms with Crippen molar-refractivity contribution in [3.05, 3.63) is 106 Å². The molecule has 0 radical (unpaired) electrons. The number of pyridine rings is 1. The van der Waals surface area contributed by atoms with Crippen LogP contribution in [0.25, 0.3) is 10.9 Å². The number of rotatable bonds is 11. The van der Waals surface area contributed by atoms with Gasteiger partial charge in [-0.1, -0.05) is 36.8 Å². The summed E-state index contributed by atoms with van der Waals surface area (Å²) in [6.45, 7) is 8.20. The highest BCUT2D eigenvalue weighted by molar-refractivity contribution is 5.80. The van der Waals surface area contributed by atoms with Gasteiger partial charge in [-0.3, -0.25) is 9.69 Å². The Morgan fingerprint density at radius 2 is 1.92 bits per heavy atom. The molecule has 1 N–H and O–H groups in total. The predicted octanol–water partition coefficient (Wildman–Crippen LogP) is 5.02. The van der Waals surface area contributed by atoms with Crippen LogP contribution < -0.4 is 10.3 Å². The van der Waals surface area contributed by atoms with Crippen LogP contribution in [-0.2, 0) is 19.6 Å². The Kier molecular flexibility index (Phi) is 7.65. The third-order valence-electron chi connectivity index (χ3n) is 6.65. The lowest BCUT2D eigenvalue weighted by Gasteiger charge is -2.30. The van der Waals surface area contributed by atoms with Gasteiger partial charge in [-0.2, -0.15) is 0 Å². The summed E-state index contributed by atoms with van der Waals surface area (Å²) in [6.07, 6.45) is 2.40. The average molecular weight is 513 g/mol. The molecule has 0 spiro atoms. The Bertz CT molecular complexity index is 1540. The smallest absolute Gasteiger partial charge is 0.252 e. The molecule has 3 aromatic heterocycles. The Morgan fingerprint density at radius 3 is 2.66 bits per heavy atom. The molecule has 2 aromatic carbocycles. The minimum atomic E-state index is -0.133. The van der Waals surface area contributed by atoms with E-state index < -0.39 is 0 Å². The summed E-state index contributed by atoms with van der Waals surface area (Å²) in [5.41, 5.74) is 3.69. The molecular weight excluding hydrogens is 480 g/mol. The van der Waals surface area contributed by atoms with E-state index in [0.717, 1.165) is 40.2 Å². The van der Waals surface area contributed by atoms with Crippen LogP contribution in [0, 0.1) is 6.92 Å². The van der Waals surface area contributed by atoms with Gasteiger partial charge in [-0.15, -0.1) is 5.10 Å². The molecular formula is C29H32N6O3. The van der Waals surface area contributed by atoms with Gasteiger partial charge in [0.05, 0.1) is 18.9 Å². The van der Waals surface area contributed by atoms with Crippen molar-refractivity contribution in [2.24, 2.45) is 0 Å². The molecule has 0 saturated heterocycles. The molecule has 0 saturated carbocycles. The number of benzene rings is 2. The van der Waals surface area contributed by atoms with E-state index in [1.54, 1.807) is 10.9 Å². The molecule has 0 amide bonds. The van der Waals surface area contributed by atoms with Gasteiger partial charge in [0.1, 0.15) is 18.1 Å². The molecule has 0 bridgehead atoms. The highest BCUT2D eigenvalue weighted by Gasteiger charge is 2.26. The van der Waals surface area contributed by atoms with E-state index in [0.29, 0.717) is 31.8 Å². The number of hydrogen-bond donors (Lipinski definition) is 1. The molecule has 1 atom stereocenters. The second-order valence-corrected chi connectivity index (χ2v) is 9.39. The number of nitrogens with zero attached hydrogens (tertiary/aromatic N) is 5. The Hall–Kier alpha value is -4.24. The fourth-order valence-corrected chi connectivity index (χ4v) is 4.74. The fourth-order valence-electron chi connectivity index (χ4n) is 4.74. The number of aromatic amines is 1. The molecule has 0 aliphatic carbocycles. The molecule has 0 fully saturated rings. The maximum Gasteiger partial charge on any atom is 0.252 e. The fraction of sp³-hybridized carbons (Fsp3) is 0.310. The predicted molar refractivity (Wildman–Crippen MR) is 145 cm³/mol. The number of H-pyrrole nitrogens is 1. The van der Waals surface area contributed by atoms with E-state index in [4.69, 9.17) is 9.15 Å². The van der Waals surface area contributed by atoms with E-state index in [2.05, 4.69) is 63.5 Å². The number of aromatic nitrogens is 5. The summed E-state index contributed by atoms with van der Waals surface area (Å²) in [7, 11) is 0. The first-order valence-electron chi connectivity index (χ1n) is 12.9. The first-order valence-corrected chi connectivity index (χ1v) is 12.9. The van der Waals surface area contributed by atoms with Gasteiger partial charge in [0.15, 0.2) is 5.82 Å². The van der Waals surface area contributed by atoms with Crippen molar-refractivity contribution in [2.75, 3.05) is 6.61 Å². The average Bonchev–Trinajstić information content (AvgIpc) is 3.59. The van der Waals surface area contributed by atoms with Crippen molar-refractivity contribution in [1.82, 2.24) is 30.1 Å². The van der Waals surface area contributed by atoms with Crippen molar-refractivity contribution < 1.29 is 9.15 Å². The molecule has 38 heavy (non-hydrogen) atoms. The van der Waals surface area contributed by atoms with Crippen molar-refractivity contribution in [2.45, 2.75) is 52.9 Å². The lowest BCUT2D eigenvalue weighted by atomic mass is 10.1. The number of nitrogens with one attached hydrogen (secondary N) is 1. The van der Waals surface area contributed by atoms with E-state index in [1.165, 1.54) is 5.56 Å². The molecule has 5 rings (SSSR count). The van der Waals surface area contributed by atoms with Gasteiger partial charge in [0, 0.05) is 29.6 Å². The highest BCUT2D eigenvalue weighted by atomic mass is 16.5. The maximum absolute atomic E-state index is 13.2. The monoisotopic (exact) mass is 512 g/mol. The Balaban J connectivity index is 1.52. The van der Waals surface area contributed by atoms with Crippen LogP contribution in [-0.4, -0.2) is 36.7 Å². The lowest BCUT2D eigenvalue weighted by Crippen LogP contribution is -2.32. The zero-order valence-electron chi connectivity index (χ0n) is 21.9. The van der Waals surface area contributed by atoms with E-state index in [-0.39, 0.29) is 11.6 Å². The molecule has 9 heteroatoms. The molecule has 1 unspecified atom stereocenters. The lowest BCUT2D eigenvalue weighted by molar-refractivity contribution is 0.161. The van der Waals surface area contributed by atoms with Gasteiger partial charge in [-0.05, 0) is 72.7 Å². The van der Waals surface area contributed by atoms with Gasteiger partial charge < -0.3 is 14.1 Å². The summed E-state index contributed by atoms with van der Waals surface area (Å²) in [4.78, 5) is 18.5. The molecule has 5 aromatic rings. The summed E-state index contributed by atoms with van der Waals surface area (Å²) >= 11 is 0. The number of tetrazole rings is 1. The van der Waals surface area contributed by atoms with Crippen LogP contribution in [0.15, 0.2) is 76.1 Å². The van der Waals surface area contributed by atoms with E-state index in [9.17, 15) is 4.79 Å². The van der Waals surface area contributed by atoms with E-state index in [1.807, 2.05) is 43.3 Å². The summed E-state index contributed by atoms with van der Waals surface area (Å²) in [5, 5.41) is 13.6. The molecule has 9 nitrogen and oxygen atoms in total. The normalized spacial score (nSPS) is 12.3. The van der Waals surface area contributed by atoms with Crippen molar-refractivity contribution in [3.63, 3.8) is 0 Å².